The number of H-pyrrole nitrogens is 1. The Balaban J connectivity index is 1.68. The van der Waals surface area contributed by atoms with Gasteiger partial charge in [-0.05, 0) is 19.1 Å². The van der Waals surface area contributed by atoms with Gasteiger partial charge in [-0.25, -0.2) is 9.97 Å². The zero-order valence-electron chi connectivity index (χ0n) is 14.9. The molecule has 0 radical (unpaired) electrons. The standard InChI is InChI=1S/C18H23N5O2/c1-11(2)17-19-7-8-23(17)12(3)18(24)20-10-16-21-14-6-5-13(25-4)9-15(14)22-16/h5-9,11-12H,10H2,1-4H3,(H,20,24)(H,21,22)/t12-/m1/s1. The highest BCUT2D eigenvalue weighted by atomic mass is 16.5. The lowest BCUT2D eigenvalue weighted by atomic mass is 10.2. The van der Waals surface area contributed by atoms with Gasteiger partial charge in [0.1, 0.15) is 23.4 Å². The monoisotopic (exact) mass is 341 g/mol. The molecule has 0 bridgehead atoms. The third-order valence-corrected chi connectivity index (χ3v) is 4.18. The number of benzene rings is 1. The molecule has 0 aliphatic rings. The Morgan fingerprint density at radius 2 is 2.16 bits per heavy atom. The van der Waals surface area contributed by atoms with Gasteiger partial charge >= 0.3 is 0 Å². The van der Waals surface area contributed by atoms with E-state index in [2.05, 4.69) is 34.1 Å². The van der Waals surface area contributed by atoms with Gasteiger partial charge in [-0.3, -0.25) is 4.79 Å². The number of carbonyl (C=O) groups excluding carboxylic acids is 1. The molecule has 1 amide bonds. The minimum atomic E-state index is -0.329. The molecule has 0 fully saturated rings. The third kappa shape index (κ3) is 3.50. The second-order valence-electron chi connectivity index (χ2n) is 6.31. The van der Waals surface area contributed by atoms with E-state index < -0.39 is 0 Å². The van der Waals surface area contributed by atoms with Crippen LogP contribution in [0.15, 0.2) is 30.6 Å². The number of rotatable bonds is 6. The number of fused-ring (bicyclic) bond motifs is 1. The Labute approximate surface area is 146 Å². The first kappa shape index (κ1) is 17.0. The van der Waals surface area contributed by atoms with Gasteiger partial charge in [-0.2, -0.15) is 0 Å². The van der Waals surface area contributed by atoms with Crippen LogP contribution >= 0.6 is 0 Å². The first-order valence-corrected chi connectivity index (χ1v) is 8.32. The van der Waals surface area contributed by atoms with E-state index in [9.17, 15) is 4.79 Å². The maximum Gasteiger partial charge on any atom is 0.243 e. The number of nitrogens with zero attached hydrogens (tertiary/aromatic N) is 3. The average Bonchev–Trinajstić information content (AvgIpc) is 3.24. The number of hydrogen-bond acceptors (Lipinski definition) is 4. The fourth-order valence-electron chi connectivity index (χ4n) is 2.80. The Kier molecular flexibility index (Phi) is 4.74. The number of hydrogen-bond donors (Lipinski definition) is 2. The first-order chi connectivity index (χ1) is 12.0. The van der Waals surface area contributed by atoms with E-state index in [1.54, 1.807) is 13.3 Å². The van der Waals surface area contributed by atoms with Crippen molar-refractivity contribution in [1.82, 2.24) is 24.8 Å². The molecule has 0 unspecified atom stereocenters. The largest absolute Gasteiger partial charge is 0.497 e. The Hall–Kier alpha value is -2.83. The molecule has 0 spiro atoms. The van der Waals surface area contributed by atoms with Crippen molar-refractivity contribution in [3.63, 3.8) is 0 Å². The first-order valence-electron chi connectivity index (χ1n) is 8.32. The summed E-state index contributed by atoms with van der Waals surface area (Å²) in [5, 5.41) is 2.93. The molecule has 0 saturated heterocycles. The summed E-state index contributed by atoms with van der Waals surface area (Å²) in [4.78, 5) is 24.5. The van der Waals surface area contributed by atoms with E-state index in [0.717, 1.165) is 22.6 Å². The number of ether oxygens (including phenoxy) is 1. The van der Waals surface area contributed by atoms with Crippen molar-refractivity contribution in [2.75, 3.05) is 7.11 Å². The summed E-state index contributed by atoms with van der Waals surface area (Å²) in [6.45, 7) is 6.33. The molecule has 2 aromatic heterocycles. The maximum atomic E-state index is 12.5. The van der Waals surface area contributed by atoms with Crippen LogP contribution in [0.1, 0.15) is 44.4 Å². The van der Waals surface area contributed by atoms with Gasteiger partial charge in [0.15, 0.2) is 0 Å². The van der Waals surface area contributed by atoms with Crippen LogP contribution in [0.5, 0.6) is 5.75 Å². The molecule has 25 heavy (non-hydrogen) atoms. The van der Waals surface area contributed by atoms with Crippen molar-refractivity contribution in [2.24, 2.45) is 0 Å². The van der Waals surface area contributed by atoms with E-state index in [1.165, 1.54) is 0 Å². The predicted molar refractivity (Wildman–Crippen MR) is 95.5 cm³/mol. The second-order valence-corrected chi connectivity index (χ2v) is 6.31. The number of aromatic amines is 1. The lowest BCUT2D eigenvalue weighted by Gasteiger charge is -2.17. The highest BCUT2D eigenvalue weighted by Gasteiger charge is 2.19. The fraction of sp³-hybridized carbons (Fsp3) is 0.389. The smallest absolute Gasteiger partial charge is 0.243 e. The summed E-state index contributed by atoms with van der Waals surface area (Å²) in [5.74, 6) is 2.56. The average molecular weight is 341 g/mol. The minimum Gasteiger partial charge on any atom is -0.497 e. The molecule has 0 saturated carbocycles. The van der Waals surface area contributed by atoms with E-state index >= 15 is 0 Å². The van der Waals surface area contributed by atoms with Crippen LogP contribution in [0.3, 0.4) is 0 Å². The Morgan fingerprint density at radius 3 is 2.88 bits per heavy atom. The number of carbonyl (C=O) groups is 1. The normalized spacial score (nSPS) is 12.5. The molecule has 1 aromatic carbocycles. The Morgan fingerprint density at radius 1 is 1.36 bits per heavy atom. The van der Waals surface area contributed by atoms with Crippen molar-refractivity contribution in [3.05, 3.63) is 42.2 Å². The van der Waals surface area contributed by atoms with Gasteiger partial charge in [0, 0.05) is 24.4 Å². The molecule has 3 aromatic rings. The van der Waals surface area contributed by atoms with Crippen LogP contribution in [-0.4, -0.2) is 32.5 Å². The van der Waals surface area contributed by atoms with Crippen molar-refractivity contribution < 1.29 is 9.53 Å². The van der Waals surface area contributed by atoms with Crippen LogP contribution in [0.4, 0.5) is 0 Å². The second kappa shape index (κ2) is 6.96. The fourth-order valence-corrected chi connectivity index (χ4v) is 2.80. The molecule has 1 atom stereocenters. The van der Waals surface area contributed by atoms with Crippen molar-refractivity contribution in [1.29, 1.82) is 0 Å². The quantitative estimate of drug-likeness (QED) is 0.722. The van der Waals surface area contributed by atoms with Gasteiger partial charge in [0.2, 0.25) is 5.91 Å². The maximum absolute atomic E-state index is 12.5. The van der Waals surface area contributed by atoms with Gasteiger partial charge in [-0.15, -0.1) is 0 Å². The van der Waals surface area contributed by atoms with Gasteiger partial charge < -0.3 is 19.6 Å². The minimum absolute atomic E-state index is 0.0714. The van der Waals surface area contributed by atoms with Gasteiger partial charge in [0.05, 0.1) is 24.7 Å². The molecular weight excluding hydrogens is 318 g/mol. The lowest BCUT2D eigenvalue weighted by Crippen LogP contribution is -2.31. The van der Waals surface area contributed by atoms with E-state index in [-0.39, 0.29) is 17.9 Å². The molecule has 2 heterocycles. The SMILES string of the molecule is COc1ccc2nc(CNC(=O)[C@@H](C)n3ccnc3C(C)C)[nH]c2c1. The summed E-state index contributed by atoms with van der Waals surface area (Å²) in [6.07, 6.45) is 3.57. The van der Waals surface area contributed by atoms with Gasteiger partial charge in [-0.1, -0.05) is 13.8 Å². The summed E-state index contributed by atoms with van der Waals surface area (Å²) in [7, 11) is 1.63. The van der Waals surface area contributed by atoms with Crippen molar-refractivity contribution in [2.45, 2.75) is 39.3 Å². The van der Waals surface area contributed by atoms with E-state index in [1.807, 2.05) is 35.9 Å². The molecule has 2 N–H and O–H groups in total. The highest BCUT2D eigenvalue weighted by Crippen LogP contribution is 2.19. The molecule has 0 aliphatic carbocycles. The third-order valence-electron chi connectivity index (χ3n) is 4.18. The predicted octanol–water partition coefficient (Wildman–Crippen LogP) is 2.77. The summed E-state index contributed by atoms with van der Waals surface area (Å²) in [6, 6.07) is 5.31. The molecule has 132 valence electrons. The lowest BCUT2D eigenvalue weighted by molar-refractivity contribution is -0.124. The topological polar surface area (TPSA) is 84.8 Å². The molecule has 0 aliphatic heterocycles. The van der Waals surface area contributed by atoms with Crippen LogP contribution in [0.25, 0.3) is 11.0 Å². The molecule has 7 nitrogen and oxygen atoms in total. The number of methoxy groups -OCH3 is 1. The van der Waals surface area contributed by atoms with E-state index in [4.69, 9.17) is 4.74 Å². The van der Waals surface area contributed by atoms with Crippen LogP contribution in [-0.2, 0) is 11.3 Å². The number of imidazole rings is 2. The van der Waals surface area contributed by atoms with Crippen LogP contribution < -0.4 is 10.1 Å². The van der Waals surface area contributed by atoms with Gasteiger partial charge in [0.25, 0.3) is 0 Å². The summed E-state index contributed by atoms with van der Waals surface area (Å²) < 4.78 is 7.11. The number of amides is 1. The van der Waals surface area contributed by atoms with Crippen molar-refractivity contribution >= 4 is 16.9 Å². The zero-order valence-corrected chi connectivity index (χ0v) is 14.9. The van der Waals surface area contributed by atoms with Crippen LogP contribution in [0.2, 0.25) is 0 Å². The summed E-state index contributed by atoms with van der Waals surface area (Å²) in [5.41, 5.74) is 1.73. The number of nitrogens with one attached hydrogen (secondary N) is 2. The molecule has 7 heteroatoms. The van der Waals surface area contributed by atoms with Crippen molar-refractivity contribution in [3.8, 4) is 5.75 Å². The Bertz CT molecular complexity index is 881. The summed E-state index contributed by atoms with van der Waals surface area (Å²) >= 11 is 0. The zero-order chi connectivity index (χ0) is 18.0. The highest BCUT2D eigenvalue weighted by molar-refractivity contribution is 5.80. The molecular formula is C18H23N5O2. The van der Waals surface area contributed by atoms with Crippen LogP contribution in [0, 0.1) is 0 Å². The van der Waals surface area contributed by atoms with E-state index in [0.29, 0.717) is 12.4 Å². The molecule has 3 rings (SSSR count). The number of aromatic nitrogens is 4.